The normalized spacial score (nSPS) is 15.9. The van der Waals surface area contributed by atoms with E-state index in [1.807, 2.05) is 23.1 Å². The fourth-order valence-corrected chi connectivity index (χ4v) is 3.39. The molecule has 3 rings (SSSR count). The van der Waals surface area contributed by atoms with Gasteiger partial charge in [0, 0.05) is 38.1 Å². The van der Waals surface area contributed by atoms with E-state index < -0.39 is 17.2 Å². The summed E-state index contributed by atoms with van der Waals surface area (Å²) in [5.41, 5.74) is 0.595. The molecule has 4 nitrogen and oxygen atoms in total. The molecule has 2 aromatic rings. The topological polar surface area (TPSA) is 35.6 Å². The van der Waals surface area contributed by atoms with Crippen molar-refractivity contribution in [2.24, 2.45) is 5.41 Å². The molecule has 0 saturated carbocycles. The Balaban J connectivity index is 1.77. The molecule has 1 amide bonds. The molecule has 0 spiro atoms. The van der Waals surface area contributed by atoms with Crippen LogP contribution in [0.5, 0.6) is 0 Å². The quantitative estimate of drug-likeness (QED) is 0.757. The highest BCUT2D eigenvalue weighted by Gasteiger charge is 2.32. The lowest BCUT2D eigenvalue weighted by molar-refractivity contribution is -0.137. The highest BCUT2D eigenvalue weighted by molar-refractivity contribution is 5.97. The average Bonchev–Trinajstić information content (AvgIpc) is 2.68. The number of halogens is 3. The summed E-state index contributed by atoms with van der Waals surface area (Å²) >= 11 is 0. The van der Waals surface area contributed by atoms with Gasteiger partial charge in [0.1, 0.15) is 0 Å². The molecule has 7 heteroatoms. The van der Waals surface area contributed by atoms with Gasteiger partial charge in [-0.1, -0.05) is 51.1 Å². The zero-order valence-corrected chi connectivity index (χ0v) is 17.6. The monoisotopic (exact) mass is 419 g/mol. The SMILES string of the molecule is CC(C)(C)C(=O)Nc1cc(C(F)(F)F)ccc1N1CCN(Cc2ccccc2)CC1. The van der Waals surface area contributed by atoms with Gasteiger partial charge in [-0.05, 0) is 23.8 Å². The molecule has 1 aliphatic rings. The lowest BCUT2D eigenvalue weighted by atomic mass is 9.95. The van der Waals surface area contributed by atoms with Crippen LogP contribution < -0.4 is 10.2 Å². The van der Waals surface area contributed by atoms with E-state index in [-0.39, 0.29) is 11.6 Å². The van der Waals surface area contributed by atoms with Crippen LogP contribution in [-0.2, 0) is 17.5 Å². The van der Waals surface area contributed by atoms with Crippen molar-refractivity contribution in [3.8, 4) is 0 Å². The number of alkyl halides is 3. The minimum atomic E-state index is -4.46. The van der Waals surface area contributed by atoms with Gasteiger partial charge in [-0.3, -0.25) is 9.69 Å². The van der Waals surface area contributed by atoms with E-state index in [1.165, 1.54) is 11.6 Å². The molecule has 1 aliphatic heterocycles. The molecule has 1 fully saturated rings. The molecular weight excluding hydrogens is 391 g/mol. The molecule has 1 N–H and O–H groups in total. The Bertz CT molecular complexity index is 867. The van der Waals surface area contributed by atoms with Crippen LogP contribution in [0, 0.1) is 5.41 Å². The maximum absolute atomic E-state index is 13.2. The molecule has 1 heterocycles. The molecule has 0 aromatic heterocycles. The van der Waals surface area contributed by atoms with Crippen LogP contribution in [0.4, 0.5) is 24.5 Å². The predicted octanol–water partition coefficient (Wildman–Crippen LogP) is 5.01. The molecule has 2 aromatic carbocycles. The zero-order valence-electron chi connectivity index (χ0n) is 17.6. The van der Waals surface area contributed by atoms with E-state index in [2.05, 4.69) is 22.3 Å². The second-order valence-electron chi connectivity index (χ2n) is 8.68. The Hall–Kier alpha value is -2.54. The lowest BCUT2D eigenvalue weighted by Crippen LogP contribution is -2.46. The predicted molar refractivity (Wildman–Crippen MR) is 113 cm³/mol. The third kappa shape index (κ3) is 5.53. The summed E-state index contributed by atoms with van der Waals surface area (Å²) in [7, 11) is 0. The summed E-state index contributed by atoms with van der Waals surface area (Å²) in [6.07, 6.45) is -4.46. The average molecular weight is 419 g/mol. The first-order valence-corrected chi connectivity index (χ1v) is 10.1. The van der Waals surface area contributed by atoms with E-state index in [0.717, 1.165) is 31.8 Å². The first-order valence-electron chi connectivity index (χ1n) is 10.1. The van der Waals surface area contributed by atoms with Crippen molar-refractivity contribution >= 4 is 17.3 Å². The van der Waals surface area contributed by atoms with E-state index in [0.29, 0.717) is 18.8 Å². The fraction of sp³-hybridized carbons (Fsp3) is 0.435. The van der Waals surface area contributed by atoms with E-state index in [4.69, 9.17) is 0 Å². The maximum Gasteiger partial charge on any atom is 0.416 e. The Kier molecular flexibility index (Phi) is 6.41. The fourth-order valence-electron chi connectivity index (χ4n) is 3.39. The summed E-state index contributed by atoms with van der Waals surface area (Å²) in [5, 5.41) is 2.72. The number of nitrogens with zero attached hydrogens (tertiary/aromatic N) is 2. The standard InChI is InChI=1S/C23H28F3N3O/c1-22(2,3)21(30)27-19-15-18(23(24,25)26)9-10-20(19)29-13-11-28(12-14-29)16-17-7-5-4-6-8-17/h4-10,15H,11-14,16H2,1-3H3,(H,27,30). The number of nitrogens with one attached hydrogen (secondary N) is 1. The zero-order chi connectivity index (χ0) is 21.9. The van der Waals surface area contributed by atoms with Crippen molar-refractivity contribution in [1.82, 2.24) is 4.90 Å². The van der Waals surface area contributed by atoms with Gasteiger partial charge in [0.05, 0.1) is 16.9 Å². The van der Waals surface area contributed by atoms with Crippen molar-refractivity contribution in [2.75, 3.05) is 36.4 Å². The number of hydrogen-bond acceptors (Lipinski definition) is 3. The summed E-state index contributed by atoms with van der Waals surface area (Å²) < 4.78 is 39.7. The van der Waals surface area contributed by atoms with E-state index >= 15 is 0 Å². The van der Waals surface area contributed by atoms with Crippen molar-refractivity contribution < 1.29 is 18.0 Å². The van der Waals surface area contributed by atoms with Crippen LogP contribution in [0.15, 0.2) is 48.5 Å². The van der Waals surface area contributed by atoms with Crippen LogP contribution >= 0.6 is 0 Å². The second-order valence-corrected chi connectivity index (χ2v) is 8.68. The number of amides is 1. The third-order valence-corrected chi connectivity index (χ3v) is 5.22. The number of rotatable bonds is 4. The summed E-state index contributed by atoms with van der Waals surface area (Å²) in [6, 6.07) is 13.8. The van der Waals surface area contributed by atoms with Gasteiger partial charge in [-0.15, -0.1) is 0 Å². The van der Waals surface area contributed by atoms with Crippen LogP contribution in [0.25, 0.3) is 0 Å². The van der Waals surface area contributed by atoms with Crippen LogP contribution in [-0.4, -0.2) is 37.0 Å². The summed E-state index contributed by atoms with van der Waals surface area (Å²) in [5.74, 6) is -0.314. The van der Waals surface area contributed by atoms with Crippen LogP contribution in [0.2, 0.25) is 0 Å². The number of piperazine rings is 1. The van der Waals surface area contributed by atoms with Crippen molar-refractivity contribution in [3.05, 3.63) is 59.7 Å². The Morgan fingerprint density at radius 2 is 1.60 bits per heavy atom. The van der Waals surface area contributed by atoms with Gasteiger partial charge >= 0.3 is 6.18 Å². The summed E-state index contributed by atoms with van der Waals surface area (Å²) in [4.78, 5) is 16.8. The first kappa shape index (κ1) is 22.2. The minimum Gasteiger partial charge on any atom is -0.367 e. The summed E-state index contributed by atoms with van der Waals surface area (Å²) in [6.45, 7) is 8.99. The van der Waals surface area contributed by atoms with Crippen molar-refractivity contribution in [3.63, 3.8) is 0 Å². The number of hydrogen-bond donors (Lipinski definition) is 1. The molecule has 0 radical (unpaired) electrons. The van der Waals surface area contributed by atoms with Crippen molar-refractivity contribution in [2.45, 2.75) is 33.5 Å². The minimum absolute atomic E-state index is 0.209. The van der Waals surface area contributed by atoms with E-state index in [9.17, 15) is 18.0 Å². The van der Waals surface area contributed by atoms with Crippen LogP contribution in [0.3, 0.4) is 0 Å². The second kappa shape index (κ2) is 8.68. The Morgan fingerprint density at radius 3 is 2.17 bits per heavy atom. The largest absolute Gasteiger partial charge is 0.416 e. The molecule has 0 atom stereocenters. The molecule has 162 valence electrons. The van der Waals surface area contributed by atoms with Gasteiger partial charge in [0.25, 0.3) is 0 Å². The highest BCUT2D eigenvalue weighted by atomic mass is 19.4. The third-order valence-electron chi connectivity index (χ3n) is 5.22. The Labute approximate surface area is 175 Å². The molecule has 0 bridgehead atoms. The number of benzene rings is 2. The molecule has 0 unspecified atom stereocenters. The lowest BCUT2D eigenvalue weighted by Gasteiger charge is -2.37. The number of anilines is 2. The molecular formula is C23H28F3N3O. The maximum atomic E-state index is 13.2. The highest BCUT2D eigenvalue weighted by Crippen LogP contribution is 2.36. The Morgan fingerprint density at radius 1 is 0.967 bits per heavy atom. The first-order chi connectivity index (χ1) is 14.0. The van der Waals surface area contributed by atoms with Gasteiger partial charge in [0.15, 0.2) is 0 Å². The van der Waals surface area contributed by atoms with E-state index in [1.54, 1.807) is 20.8 Å². The van der Waals surface area contributed by atoms with Gasteiger partial charge in [-0.2, -0.15) is 13.2 Å². The van der Waals surface area contributed by atoms with Gasteiger partial charge < -0.3 is 10.2 Å². The van der Waals surface area contributed by atoms with Gasteiger partial charge in [-0.25, -0.2) is 0 Å². The van der Waals surface area contributed by atoms with Crippen LogP contribution in [0.1, 0.15) is 31.9 Å². The number of carbonyl (C=O) groups is 1. The smallest absolute Gasteiger partial charge is 0.367 e. The molecule has 1 saturated heterocycles. The van der Waals surface area contributed by atoms with Crippen molar-refractivity contribution in [1.29, 1.82) is 0 Å². The molecule has 30 heavy (non-hydrogen) atoms. The molecule has 0 aliphatic carbocycles. The van der Waals surface area contributed by atoms with Gasteiger partial charge in [0.2, 0.25) is 5.91 Å². The number of carbonyl (C=O) groups excluding carboxylic acids is 1.